The molecule has 2 aliphatic rings. The van der Waals surface area contributed by atoms with E-state index in [4.69, 9.17) is 21.4 Å². The molecule has 164 valence electrons. The normalized spacial score (nSPS) is 20.3. The number of benzene rings is 2. The maximum atomic E-state index is 12.5. The van der Waals surface area contributed by atoms with Crippen LogP contribution < -0.4 is 0 Å². The van der Waals surface area contributed by atoms with Gasteiger partial charge in [-0.25, -0.2) is 5.12 Å². The largest absolute Gasteiger partial charge is 0.379 e. The zero-order valence-corrected chi connectivity index (χ0v) is 18.7. The van der Waals surface area contributed by atoms with Crippen molar-refractivity contribution in [1.29, 1.82) is 0 Å². The second-order valence-corrected chi connectivity index (χ2v) is 9.35. The Morgan fingerprint density at radius 2 is 1.81 bits per heavy atom. The van der Waals surface area contributed by atoms with Crippen molar-refractivity contribution in [2.75, 3.05) is 39.9 Å². The Morgan fingerprint density at radius 1 is 1.13 bits per heavy atom. The maximum Gasteiger partial charge on any atom is 0.323 e. The summed E-state index contributed by atoms with van der Waals surface area (Å²) in [4.78, 5) is 0. The summed E-state index contributed by atoms with van der Waals surface area (Å²) in [5, 5.41) is 8.75. The summed E-state index contributed by atoms with van der Waals surface area (Å²) in [7, 11) is -2.02. The van der Waals surface area contributed by atoms with E-state index in [1.54, 1.807) is 17.2 Å². The van der Waals surface area contributed by atoms with Gasteiger partial charge >= 0.3 is 10.2 Å². The van der Waals surface area contributed by atoms with Gasteiger partial charge in [-0.1, -0.05) is 54.1 Å². The van der Waals surface area contributed by atoms with Gasteiger partial charge in [0.1, 0.15) is 6.34 Å². The Balaban J connectivity index is 1.57. The molecule has 31 heavy (non-hydrogen) atoms. The van der Waals surface area contributed by atoms with Crippen LogP contribution in [0.1, 0.15) is 17.0 Å². The van der Waals surface area contributed by atoms with E-state index < -0.39 is 10.2 Å². The Kier molecular flexibility index (Phi) is 6.57. The van der Waals surface area contributed by atoms with Crippen molar-refractivity contribution in [3.8, 4) is 0 Å². The molecule has 1 atom stereocenters. The quantitative estimate of drug-likeness (QED) is 0.488. The van der Waals surface area contributed by atoms with E-state index in [0.717, 1.165) is 16.8 Å². The smallest absolute Gasteiger partial charge is 0.323 e. The topological polar surface area (TPSA) is 77.8 Å². The molecular formula is C21H24ClN5O3S. The molecule has 0 aromatic heterocycles. The molecule has 0 amide bonds. The summed E-state index contributed by atoms with van der Waals surface area (Å²) >= 11 is 6.05. The molecule has 2 aliphatic heterocycles. The Labute approximate surface area is 187 Å². The van der Waals surface area contributed by atoms with Gasteiger partial charge in [-0.15, -0.1) is 4.40 Å². The van der Waals surface area contributed by atoms with E-state index >= 15 is 0 Å². The van der Waals surface area contributed by atoms with Crippen molar-refractivity contribution >= 4 is 33.9 Å². The molecule has 2 aromatic rings. The molecule has 2 heterocycles. The molecule has 4 rings (SSSR count). The van der Waals surface area contributed by atoms with Crippen LogP contribution in [0, 0.1) is 0 Å². The van der Waals surface area contributed by atoms with Gasteiger partial charge in [0.15, 0.2) is 0 Å². The van der Waals surface area contributed by atoms with Crippen molar-refractivity contribution in [2.45, 2.75) is 5.92 Å². The fourth-order valence-corrected chi connectivity index (χ4v) is 4.67. The standard InChI is InChI=1S/C21H24ClN5O3S/c1-25(16-23-31(28,29)26-11-13-30-14-12-26)27-15-20(17-5-3-2-4-6-17)21(24-27)18-7-9-19(22)10-8-18/h2-10,16,20H,11-15H2,1H3. The van der Waals surface area contributed by atoms with Gasteiger partial charge in [0.05, 0.1) is 31.4 Å². The molecule has 1 unspecified atom stereocenters. The zero-order valence-electron chi connectivity index (χ0n) is 17.1. The minimum atomic E-state index is -3.75. The van der Waals surface area contributed by atoms with Crippen LogP contribution in [0.3, 0.4) is 0 Å². The van der Waals surface area contributed by atoms with Crippen LogP contribution in [0.15, 0.2) is 64.1 Å². The fraction of sp³-hybridized carbons (Fsp3) is 0.333. The van der Waals surface area contributed by atoms with Gasteiger partial charge in [-0.3, -0.25) is 5.01 Å². The molecule has 0 aliphatic carbocycles. The lowest BCUT2D eigenvalue weighted by Gasteiger charge is -2.26. The lowest BCUT2D eigenvalue weighted by Crippen LogP contribution is -2.40. The third-order valence-corrected chi connectivity index (χ3v) is 6.88. The van der Waals surface area contributed by atoms with E-state index in [-0.39, 0.29) is 5.92 Å². The molecule has 0 bridgehead atoms. The Hall–Kier alpha value is -2.46. The highest BCUT2D eigenvalue weighted by molar-refractivity contribution is 7.87. The number of hydrogen-bond acceptors (Lipinski definition) is 5. The zero-order chi connectivity index (χ0) is 21.8. The number of morpholine rings is 1. The first-order valence-corrected chi connectivity index (χ1v) is 11.7. The summed E-state index contributed by atoms with van der Waals surface area (Å²) < 4.78 is 35.4. The lowest BCUT2D eigenvalue weighted by atomic mass is 9.91. The fourth-order valence-electron chi connectivity index (χ4n) is 3.54. The highest BCUT2D eigenvalue weighted by Crippen LogP contribution is 2.29. The van der Waals surface area contributed by atoms with Gasteiger partial charge in [0, 0.05) is 25.2 Å². The average Bonchev–Trinajstić information content (AvgIpc) is 3.25. The molecule has 0 saturated carbocycles. The van der Waals surface area contributed by atoms with Crippen molar-refractivity contribution < 1.29 is 13.2 Å². The Morgan fingerprint density at radius 3 is 2.48 bits per heavy atom. The Bertz CT molecular complexity index is 1050. The van der Waals surface area contributed by atoms with Crippen molar-refractivity contribution in [2.24, 2.45) is 9.50 Å². The number of hydrazone groups is 1. The van der Waals surface area contributed by atoms with Crippen molar-refractivity contribution in [3.05, 3.63) is 70.7 Å². The summed E-state index contributed by atoms with van der Waals surface area (Å²) in [6.07, 6.45) is 1.29. The van der Waals surface area contributed by atoms with E-state index in [0.29, 0.717) is 37.9 Å². The van der Waals surface area contributed by atoms with E-state index in [1.807, 2.05) is 42.5 Å². The SMILES string of the molecule is CN(C=NS(=O)(=O)N1CCOCC1)N1CC(c2ccccc2)C(c2ccc(Cl)cc2)=N1. The third-order valence-electron chi connectivity index (χ3n) is 5.25. The molecule has 1 saturated heterocycles. The molecule has 1 fully saturated rings. The van der Waals surface area contributed by atoms with Gasteiger partial charge < -0.3 is 4.74 Å². The summed E-state index contributed by atoms with van der Waals surface area (Å²) in [5.74, 6) is 0.0223. The first-order valence-electron chi connectivity index (χ1n) is 9.97. The van der Waals surface area contributed by atoms with Gasteiger partial charge in [-0.05, 0) is 23.3 Å². The maximum absolute atomic E-state index is 12.5. The number of hydrazine groups is 1. The van der Waals surface area contributed by atoms with E-state index in [1.165, 1.54) is 10.6 Å². The lowest BCUT2D eigenvalue weighted by molar-refractivity contribution is 0.0728. The second kappa shape index (κ2) is 9.35. The molecule has 0 radical (unpaired) electrons. The van der Waals surface area contributed by atoms with Crippen molar-refractivity contribution in [1.82, 2.24) is 14.4 Å². The average molecular weight is 462 g/mol. The number of hydrogen-bond donors (Lipinski definition) is 0. The predicted molar refractivity (Wildman–Crippen MR) is 121 cm³/mol. The molecule has 2 aromatic carbocycles. The number of nitrogens with zero attached hydrogens (tertiary/aromatic N) is 5. The van der Waals surface area contributed by atoms with E-state index in [9.17, 15) is 8.42 Å². The van der Waals surface area contributed by atoms with Crippen LogP contribution in [0.25, 0.3) is 0 Å². The second-order valence-electron chi connectivity index (χ2n) is 7.29. The van der Waals surface area contributed by atoms with Gasteiger partial charge in [-0.2, -0.15) is 17.8 Å². The van der Waals surface area contributed by atoms with Crippen LogP contribution in [-0.2, 0) is 14.9 Å². The molecular weight excluding hydrogens is 438 g/mol. The predicted octanol–water partition coefficient (Wildman–Crippen LogP) is 2.60. The van der Waals surface area contributed by atoms with E-state index in [2.05, 4.69) is 16.5 Å². The van der Waals surface area contributed by atoms with Crippen LogP contribution in [0.5, 0.6) is 0 Å². The minimum absolute atomic E-state index is 0.0223. The number of rotatable bonds is 6. The first-order chi connectivity index (χ1) is 14.9. The molecule has 10 heteroatoms. The highest BCUT2D eigenvalue weighted by atomic mass is 35.5. The molecule has 8 nitrogen and oxygen atoms in total. The molecule has 0 N–H and O–H groups in total. The van der Waals surface area contributed by atoms with Crippen LogP contribution in [0.4, 0.5) is 0 Å². The summed E-state index contributed by atoms with van der Waals surface area (Å²) in [6, 6.07) is 17.7. The summed E-state index contributed by atoms with van der Waals surface area (Å²) in [5.41, 5.74) is 2.98. The minimum Gasteiger partial charge on any atom is -0.379 e. The summed E-state index contributed by atoms with van der Waals surface area (Å²) in [6.45, 7) is 1.93. The first kappa shape index (κ1) is 21.8. The van der Waals surface area contributed by atoms with Gasteiger partial charge in [0.25, 0.3) is 0 Å². The number of ether oxygens (including phenoxy) is 1. The van der Waals surface area contributed by atoms with Crippen LogP contribution >= 0.6 is 11.6 Å². The van der Waals surface area contributed by atoms with Crippen LogP contribution in [-0.4, -0.2) is 74.8 Å². The third kappa shape index (κ3) is 5.07. The van der Waals surface area contributed by atoms with Crippen LogP contribution in [0.2, 0.25) is 5.02 Å². The monoisotopic (exact) mass is 461 g/mol. The highest BCUT2D eigenvalue weighted by Gasteiger charge is 2.31. The number of halogens is 1. The van der Waals surface area contributed by atoms with Crippen molar-refractivity contribution in [3.63, 3.8) is 0 Å². The molecule has 0 spiro atoms. The van der Waals surface area contributed by atoms with Gasteiger partial charge in [0.2, 0.25) is 0 Å².